The average molecular weight is 663 g/mol. The molecule has 0 bridgehead atoms. The highest BCUT2D eigenvalue weighted by atomic mass is 35.5. The predicted octanol–water partition coefficient (Wildman–Crippen LogP) is 6.79. The molecule has 2 fully saturated rings. The molecular formula is C35H35ClN2O5S2. The van der Waals surface area contributed by atoms with Crippen LogP contribution in [-0.2, 0) is 24.8 Å². The summed E-state index contributed by atoms with van der Waals surface area (Å²) in [7, 11) is -8.18. The van der Waals surface area contributed by atoms with E-state index in [1.165, 1.54) is 8.61 Å². The molecule has 0 spiro atoms. The maximum Gasteiger partial charge on any atom is 0.243 e. The summed E-state index contributed by atoms with van der Waals surface area (Å²) < 4.78 is 60.6. The minimum absolute atomic E-state index is 0.0970. The zero-order valence-electron chi connectivity index (χ0n) is 25.3. The second kappa shape index (κ2) is 12.1. The number of ketones is 1. The van der Waals surface area contributed by atoms with E-state index in [-0.39, 0.29) is 35.0 Å². The molecule has 2 saturated heterocycles. The standard InChI is InChI=1S/C35H35ClN2O5S2/c1-23-7-13-26(14-8-23)32-20-34-31(22-37(32)44(40,41)29-15-9-24(2)10-16-29)35(39)21-33(27-5-4-6-28(36)19-27)38(34)45(42,43)30-17-11-25(3)12-18-30/h4-19,31-34H,20-22H2,1-3H3/t31-,32?,33?,34+/m1/s1. The summed E-state index contributed by atoms with van der Waals surface area (Å²) in [5.74, 6) is -1.03. The number of nitrogens with zero attached hydrogens (tertiary/aromatic N) is 2. The average Bonchev–Trinajstić information content (AvgIpc) is 3.01. The van der Waals surface area contributed by atoms with Gasteiger partial charge in [0.05, 0.1) is 21.9 Å². The van der Waals surface area contributed by atoms with Crippen molar-refractivity contribution in [2.45, 2.75) is 61.5 Å². The fourth-order valence-electron chi connectivity index (χ4n) is 6.57. The SMILES string of the molecule is Cc1ccc(C2C[C@H]3[C@@H](CN2S(=O)(=O)c2ccc(C)cc2)C(=O)CC(c2cccc(Cl)c2)N3S(=O)(=O)c2ccc(C)cc2)cc1. The summed E-state index contributed by atoms with van der Waals surface area (Å²) in [6, 6.07) is 25.6. The van der Waals surface area contributed by atoms with Gasteiger partial charge in [-0.3, -0.25) is 4.79 Å². The highest BCUT2D eigenvalue weighted by Gasteiger charge is 2.54. The fourth-order valence-corrected chi connectivity index (χ4v) is 10.3. The smallest absolute Gasteiger partial charge is 0.243 e. The zero-order chi connectivity index (χ0) is 32.1. The maximum atomic E-state index is 14.6. The Hall–Kier alpha value is -3.34. The minimum atomic E-state index is -4.13. The molecule has 0 radical (unpaired) electrons. The number of carbonyl (C=O) groups excluding carboxylic acids is 1. The van der Waals surface area contributed by atoms with Gasteiger partial charge in [0.15, 0.2) is 0 Å². The fraction of sp³-hybridized carbons (Fsp3) is 0.286. The molecule has 0 saturated carbocycles. The number of fused-ring (bicyclic) bond motifs is 1. The first-order valence-electron chi connectivity index (χ1n) is 14.9. The lowest BCUT2D eigenvalue weighted by Gasteiger charge is -2.51. The number of hydrogen-bond acceptors (Lipinski definition) is 5. The quantitative estimate of drug-likeness (QED) is 0.227. The van der Waals surface area contributed by atoms with E-state index in [4.69, 9.17) is 11.6 Å². The molecule has 10 heteroatoms. The van der Waals surface area contributed by atoms with E-state index in [9.17, 15) is 21.6 Å². The third-order valence-corrected chi connectivity index (χ3v) is 13.1. The van der Waals surface area contributed by atoms with E-state index in [0.717, 1.165) is 22.3 Å². The number of Topliss-reactive ketones (excluding diaryl/α,β-unsaturated/α-hetero) is 1. The number of rotatable bonds is 6. The second-order valence-electron chi connectivity index (χ2n) is 12.1. The van der Waals surface area contributed by atoms with Gasteiger partial charge in [-0.2, -0.15) is 8.61 Å². The largest absolute Gasteiger partial charge is 0.299 e. The first-order valence-corrected chi connectivity index (χ1v) is 18.2. The Kier molecular flexibility index (Phi) is 8.52. The van der Waals surface area contributed by atoms with E-state index in [0.29, 0.717) is 10.6 Å². The van der Waals surface area contributed by atoms with Crippen LogP contribution < -0.4 is 0 Å². The molecule has 7 nitrogen and oxygen atoms in total. The molecular weight excluding hydrogens is 628 g/mol. The van der Waals surface area contributed by atoms with Gasteiger partial charge in [-0.25, -0.2) is 16.8 Å². The van der Waals surface area contributed by atoms with Crippen LogP contribution in [0.3, 0.4) is 0 Å². The molecule has 0 N–H and O–H groups in total. The lowest BCUT2D eigenvalue weighted by molar-refractivity contribution is -0.132. The van der Waals surface area contributed by atoms with Crippen LogP contribution in [0.1, 0.15) is 52.7 Å². The van der Waals surface area contributed by atoms with E-state index in [1.807, 2.05) is 45.0 Å². The van der Waals surface area contributed by atoms with Gasteiger partial charge in [-0.1, -0.05) is 89.0 Å². The summed E-state index contributed by atoms with van der Waals surface area (Å²) >= 11 is 6.36. The van der Waals surface area contributed by atoms with Crippen molar-refractivity contribution < 1.29 is 21.6 Å². The Morgan fingerprint density at radius 2 is 1.20 bits per heavy atom. The van der Waals surface area contributed by atoms with Crippen molar-refractivity contribution in [1.29, 1.82) is 0 Å². The van der Waals surface area contributed by atoms with Crippen molar-refractivity contribution in [2.24, 2.45) is 5.92 Å². The molecule has 2 heterocycles. The molecule has 234 valence electrons. The maximum absolute atomic E-state index is 14.6. The Labute approximate surface area is 270 Å². The van der Waals surface area contributed by atoms with E-state index in [2.05, 4.69) is 0 Å². The van der Waals surface area contributed by atoms with Crippen LogP contribution in [0, 0.1) is 26.7 Å². The van der Waals surface area contributed by atoms with Crippen molar-refractivity contribution in [3.05, 3.63) is 130 Å². The number of halogens is 1. The number of aryl methyl sites for hydroxylation is 3. The van der Waals surface area contributed by atoms with Gasteiger partial charge in [0, 0.05) is 29.9 Å². The minimum Gasteiger partial charge on any atom is -0.299 e. The highest BCUT2D eigenvalue weighted by Crippen LogP contribution is 2.48. The lowest BCUT2D eigenvalue weighted by atomic mass is 9.77. The zero-order valence-corrected chi connectivity index (χ0v) is 27.7. The lowest BCUT2D eigenvalue weighted by Crippen LogP contribution is -2.60. The molecule has 2 aliphatic heterocycles. The van der Waals surface area contributed by atoms with Crippen LogP contribution in [0.5, 0.6) is 0 Å². The van der Waals surface area contributed by atoms with Gasteiger partial charge < -0.3 is 0 Å². The molecule has 2 unspecified atom stereocenters. The van der Waals surface area contributed by atoms with Crippen molar-refractivity contribution in [1.82, 2.24) is 8.61 Å². The van der Waals surface area contributed by atoms with Crippen LogP contribution in [-0.4, -0.2) is 43.8 Å². The summed E-state index contributed by atoms with van der Waals surface area (Å²) in [5, 5.41) is 0.436. The first-order chi connectivity index (χ1) is 21.4. The highest BCUT2D eigenvalue weighted by molar-refractivity contribution is 7.89. The number of carbonyl (C=O) groups is 1. The third kappa shape index (κ3) is 6.00. The van der Waals surface area contributed by atoms with Crippen LogP contribution >= 0.6 is 11.6 Å². The van der Waals surface area contributed by atoms with Crippen molar-refractivity contribution in [2.75, 3.05) is 6.54 Å². The molecule has 6 rings (SSSR count). The summed E-state index contributed by atoms with van der Waals surface area (Å²) in [5.41, 5.74) is 4.21. The summed E-state index contributed by atoms with van der Waals surface area (Å²) in [6.45, 7) is 5.58. The van der Waals surface area contributed by atoms with Crippen molar-refractivity contribution in [3.8, 4) is 0 Å². The van der Waals surface area contributed by atoms with Gasteiger partial charge in [-0.05, 0) is 74.7 Å². The molecule has 2 aliphatic rings. The van der Waals surface area contributed by atoms with Crippen molar-refractivity contribution >= 4 is 37.4 Å². The number of benzene rings is 4. The monoisotopic (exact) mass is 662 g/mol. The third-order valence-electron chi connectivity index (χ3n) is 9.02. The molecule has 0 aromatic heterocycles. The molecule has 0 aliphatic carbocycles. The van der Waals surface area contributed by atoms with E-state index in [1.54, 1.807) is 72.8 Å². The number of piperidine rings is 2. The Bertz CT molecular complexity index is 1940. The number of sulfonamides is 2. The van der Waals surface area contributed by atoms with Crippen LogP contribution in [0.4, 0.5) is 0 Å². The molecule has 4 aromatic carbocycles. The Morgan fingerprint density at radius 1 is 0.667 bits per heavy atom. The summed E-state index contributed by atoms with van der Waals surface area (Å²) in [6.07, 6.45) is 0.00688. The Morgan fingerprint density at radius 3 is 1.76 bits per heavy atom. The second-order valence-corrected chi connectivity index (χ2v) is 16.3. The molecule has 0 amide bonds. The summed E-state index contributed by atoms with van der Waals surface area (Å²) in [4.78, 5) is 14.3. The Balaban J connectivity index is 1.51. The van der Waals surface area contributed by atoms with Gasteiger partial charge in [-0.15, -0.1) is 0 Å². The van der Waals surface area contributed by atoms with Crippen LogP contribution in [0.2, 0.25) is 5.02 Å². The molecule has 4 aromatic rings. The number of hydrogen-bond donors (Lipinski definition) is 0. The normalized spacial score (nSPS) is 23.1. The van der Waals surface area contributed by atoms with Gasteiger partial charge >= 0.3 is 0 Å². The molecule has 45 heavy (non-hydrogen) atoms. The molecule has 4 atom stereocenters. The van der Waals surface area contributed by atoms with Gasteiger partial charge in [0.1, 0.15) is 5.78 Å². The van der Waals surface area contributed by atoms with Crippen LogP contribution in [0.25, 0.3) is 0 Å². The van der Waals surface area contributed by atoms with Crippen LogP contribution in [0.15, 0.2) is 107 Å². The van der Waals surface area contributed by atoms with E-state index < -0.39 is 44.1 Å². The van der Waals surface area contributed by atoms with Crippen molar-refractivity contribution in [3.63, 3.8) is 0 Å². The topological polar surface area (TPSA) is 91.8 Å². The first kappa shape index (κ1) is 31.6. The van der Waals surface area contributed by atoms with Gasteiger partial charge in [0.2, 0.25) is 20.0 Å². The van der Waals surface area contributed by atoms with Gasteiger partial charge in [0.25, 0.3) is 0 Å². The van der Waals surface area contributed by atoms with E-state index >= 15 is 0 Å². The predicted molar refractivity (Wildman–Crippen MR) is 175 cm³/mol.